The molecule has 1 rings (SSSR count). The average molecular weight is 303 g/mol. The average Bonchev–Trinajstić information content (AvgIpc) is 2.36. The van der Waals surface area contributed by atoms with Gasteiger partial charge < -0.3 is 10.6 Å². The minimum absolute atomic E-state index is 0.252. The van der Waals surface area contributed by atoms with Crippen molar-refractivity contribution >= 4 is 11.6 Å². The monoisotopic (exact) mass is 303 g/mol. The molecule has 3 heteroatoms. The predicted octanol–water partition coefficient (Wildman–Crippen LogP) is 5.11. The standard InChI is InChI=1S/C19H33N3/c1-12(2)16-10-9-11-17(13(3)4)18(16)22-19(20-14(5)6)21-15(7)8/h9-15H,1-8H3,(H2,20,21,22). The Morgan fingerprint density at radius 1 is 0.864 bits per heavy atom. The molecule has 0 atom stereocenters. The van der Waals surface area contributed by atoms with Gasteiger partial charge in [-0.2, -0.15) is 0 Å². The first-order chi connectivity index (χ1) is 10.2. The first-order valence-electron chi connectivity index (χ1n) is 8.46. The molecule has 0 aliphatic heterocycles. The molecule has 0 aliphatic rings. The summed E-state index contributed by atoms with van der Waals surface area (Å²) >= 11 is 0. The summed E-state index contributed by atoms with van der Waals surface area (Å²) in [7, 11) is 0. The highest BCUT2D eigenvalue weighted by Gasteiger charge is 2.15. The van der Waals surface area contributed by atoms with Gasteiger partial charge in [-0.15, -0.1) is 0 Å². The van der Waals surface area contributed by atoms with Gasteiger partial charge in [0.15, 0.2) is 5.96 Å². The van der Waals surface area contributed by atoms with Gasteiger partial charge in [0.05, 0.1) is 0 Å². The van der Waals surface area contributed by atoms with Crippen molar-refractivity contribution in [1.29, 1.82) is 0 Å². The largest absolute Gasteiger partial charge is 0.354 e. The van der Waals surface area contributed by atoms with Crippen LogP contribution in [0, 0.1) is 0 Å². The summed E-state index contributed by atoms with van der Waals surface area (Å²) < 4.78 is 0. The molecule has 0 aliphatic carbocycles. The van der Waals surface area contributed by atoms with Gasteiger partial charge in [0, 0.05) is 17.8 Å². The number of para-hydroxylation sites is 1. The van der Waals surface area contributed by atoms with E-state index in [9.17, 15) is 0 Å². The SMILES string of the molecule is CC(C)N=C(Nc1c(C(C)C)cccc1C(C)C)NC(C)C. The summed E-state index contributed by atoms with van der Waals surface area (Å²) in [6.07, 6.45) is 0. The Balaban J connectivity index is 3.27. The van der Waals surface area contributed by atoms with E-state index in [2.05, 4.69) is 84.2 Å². The molecule has 0 spiro atoms. The molecule has 0 fully saturated rings. The van der Waals surface area contributed by atoms with Crippen molar-refractivity contribution < 1.29 is 0 Å². The van der Waals surface area contributed by atoms with E-state index < -0.39 is 0 Å². The molecule has 0 radical (unpaired) electrons. The Morgan fingerprint density at radius 2 is 1.36 bits per heavy atom. The minimum Gasteiger partial charge on any atom is -0.354 e. The number of hydrogen-bond acceptors (Lipinski definition) is 1. The summed E-state index contributed by atoms with van der Waals surface area (Å²) in [6, 6.07) is 7.18. The molecule has 1 aromatic rings. The fourth-order valence-corrected chi connectivity index (χ4v) is 2.45. The zero-order chi connectivity index (χ0) is 16.9. The Hall–Kier alpha value is -1.51. The number of guanidine groups is 1. The van der Waals surface area contributed by atoms with Crippen molar-refractivity contribution in [3.8, 4) is 0 Å². The molecule has 124 valence electrons. The highest BCUT2D eigenvalue weighted by atomic mass is 15.2. The number of aliphatic imine (C=N–C) groups is 1. The Morgan fingerprint density at radius 3 is 1.73 bits per heavy atom. The minimum atomic E-state index is 0.252. The van der Waals surface area contributed by atoms with Gasteiger partial charge in [-0.1, -0.05) is 45.9 Å². The smallest absolute Gasteiger partial charge is 0.196 e. The van der Waals surface area contributed by atoms with Crippen LogP contribution in [0.3, 0.4) is 0 Å². The lowest BCUT2D eigenvalue weighted by Crippen LogP contribution is -2.37. The molecule has 0 heterocycles. The van der Waals surface area contributed by atoms with Crippen LogP contribution in [0.15, 0.2) is 23.2 Å². The van der Waals surface area contributed by atoms with Crippen molar-refractivity contribution in [2.24, 2.45) is 4.99 Å². The third kappa shape index (κ3) is 5.36. The third-order valence-corrected chi connectivity index (χ3v) is 3.43. The van der Waals surface area contributed by atoms with E-state index in [1.54, 1.807) is 0 Å². The maximum absolute atomic E-state index is 4.71. The van der Waals surface area contributed by atoms with Gasteiger partial charge in [-0.05, 0) is 50.7 Å². The zero-order valence-electron chi connectivity index (χ0n) is 15.5. The number of anilines is 1. The molecule has 2 N–H and O–H groups in total. The van der Waals surface area contributed by atoms with Crippen LogP contribution in [0.4, 0.5) is 5.69 Å². The topological polar surface area (TPSA) is 36.4 Å². The molecule has 0 amide bonds. The highest BCUT2D eigenvalue weighted by Crippen LogP contribution is 2.32. The van der Waals surface area contributed by atoms with Gasteiger partial charge in [-0.25, -0.2) is 0 Å². The van der Waals surface area contributed by atoms with E-state index in [1.165, 1.54) is 16.8 Å². The lowest BCUT2D eigenvalue weighted by molar-refractivity contribution is 0.716. The van der Waals surface area contributed by atoms with Crippen molar-refractivity contribution in [1.82, 2.24) is 5.32 Å². The quantitative estimate of drug-likeness (QED) is 0.586. The molecule has 0 bridgehead atoms. The number of nitrogens with zero attached hydrogens (tertiary/aromatic N) is 1. The van der Waals surface area contributed by atoms with Crippen molar-refractivity contribution in [2.45, 2.75) is 79.3 Å². The molecule has 3 nitrogen and oxygen atoms in total. The van der Waals surface area contributed by atoms with E-state index >= 15 is 0 Å². The number of benzene rings is 1. The maximum atomic E-state index is 4.71. The number of hydrogen-bond donors (Lipinski definition) is 2. The van der Waals surface area contributed by atoms with Crippen molar-refractivity contribution in [2.75, 3.05) is 5.32 Å². The van der Waals surface area contributed by atoms with Gasteiger partial charge >= 0.3 is 0 Å². The maximum Gasteiger partial charge on any atom is 0.196 e. The van der Waals surface area contributed by atoms with Crippen LogP contribution in [-0.4, -0.2) is 18.0 Å². The number of rotatable bonds is 5. The van der Waals surface area contributed by atoms with E-state index in [-0.39, 0.29) is 6.04 Å². The van der Waals surface area contributed by atoms with E-state index in [1.807, 2.05) is 0 Å². The first kappa shape index (κ1) is 18.5. The molecule has 1 aromatic carbocycles. The van der Waals surface area contributed by atoms with Crippen molar-refractivity contribution in [3.05, 3.63) is 29.3 Å². The van der Waals surface area contributed by atoms with Gasteiger partial charge in [-0.3, -0.25) is 4.99 Å². The third-order valence-electron chi connectivity index (χ3n) is 3.43. The molecule has 0 aromatic heterocycles. The Labute approximate surface area is 136 Å². The fraction of sp³-hybridized carbons (Fsp3) is 0.632. The lowest BCUT2D eigenvalue weighted by atomic mass is 9.93. The summed E-state index contributed by atoms with van der Waals surface area (Å²) in [5, 5.41) is 7.01. The van der Waals surface area contributed by atoms with Crippen LogP contribution in [-0.2, 0) is 0 Å². The molecule has 0 saturated heterocycles. The van der Waals surface area contributed by atoms with Crippen LogP contribution in [0.1, 0.15) is 78.4 Å². The van der Waals surface area contributed by atoms with Crippen LogP contribution in [0.5, 0.6) is 0 Å². The van der Waals surface area contributed by atoms with Crippen molar-refractivity contribution in [3.63, 3.8) is 0 Å². The molecular weight excluding hydrogens is 270 g/mol. The number of nitrogens with one attached hydrogen (secondary N) is 2. The highest BCUT2D eigenvalue weighted by molar-refractivity contribution is 5.95. The zero-order valence-corrected chi connectivity index (χ0v) is 15.5. The molecule has 0 saturated carbocycles. The predicted molar refractivity (Wildman–Crippen MR) is 99.1 cm³/mol. The van der Waals surface area contributed by atoms with Crippen LogP contribution >= 0.6 is 0 Å². The Kier molecular flexibility index (Phi) is 6.92. The second kappa shape index (κ2) is 8.21. The van der Waals surface area contributed by atoms with E-state index in [0.29, 0.717) is 17.9 Å². The molecular formula is C19H33N3. The lowest BCUT2D eigenvalue weighted by Gasteiger charge is -2.23. The van der Waals surface area contributed by atoms with Crippen LogP contribution < -0.4 is 10.6 Å². The van der Waals surface area contributed by atoms with Gasteiger partial charge in [0.25, 0.3) is 0 Å². The molecule has 0 unspecified atom stereocenters. The van der Waals surface area contributed by atoms with Gasteiger partial charge in [0.1, 0.15) is 0 Å². The summed E-state index contributed by atoms with van der Waals surface area (Å²) in [5.74, 6) is 1.81. The summed E-state index contributed by atoms with van der Waals surface area (Å²) in [4.78, 5) is 4.71. The second-order valence-corrected chi connectivity index (χ2v) is 7.12. The van der Waals surface area contributed by atoms with E-state index in [4.69, 9.17) is 4.99 Å². The fourth-order valence-electron chi connectivity index (χ4n) is 2.45. The van der Waals surface area contributed by atoms with Gasteiger partial charge in [0.2, 0.25) is 0 Å². The molecule has 22 heavy (non-hydrogen) atoms. The second-order valence-electron chi connectivity index (χ2n) is 7.12. The van der Waals surface area contributed by atoms with E-state index in [0.717, 1.165) is 5.96 Å². The summed E-state index contributed by atoms with van der Waals surface area (Å²) in [5.41, 5.74) is 3.89. The Bertz CT molecular complexity index is 473. The first-order valence-corrected chi connectivity index (χ1v) is 8.46. The van der Waals surface area contributed by atoms with Crippen LogP contribution in [0.2, 0.25) is 0 Å². The summed E-state index contributed by atoms with van der Waals surface area (Å²) in [6.45, 7) is 17.4. The normalized spacial score (nSPS) is 12.6. The van der Waals surface area contributed by atoms with Crippen LogP contribution in [0.25, 0.3) is 0 Å².